The summed E-state index contributed by atoms with van der Waals surface area (Å²) in [5, 5.41) is 11.1. The highest BCUT2D eigenvalue weighted by Crippen LogP contribution is 2.09. The molecule has 1 amide bonds. The number of nitrogens with one attached hydrogen (secondary N) is 1. The molecular weight excluding hydrogens is 206 g/mol. The molecule has 1 aliphatic heterocycles. The average Bonchev–Trinajstić information content (AvgIpc) is 2.16. The second-order valence-corrected chi connectivity index (χ2v) is 4.21. The number of ether oxygens (including phenoxy) is 1. The molecule has 1 N–H and O–H groups in total. The molecule has 0 aromatic heterocycles. The van der Waals surface area contributed by atoms with Crippen molar-refractivity contribution >= 4 is 5.91 Å². The third-order valence-electron chi connectivity index (χ3n) is 2.42. The Morgan fingerprint density at radius 2 is 2.12 bits per heavy atom. The summed E-state index contributed by atoms with van der Waals surface area (Å²) in [7, 11) is 0. The Morgan fingerprint density at radius 3 is 2.69 bits per heavy atom. The first-order chi connectivity index (χ1) is 7.61. The fraction of sp³-hybridized carbons (Fsp3) is 0.818. The van der Waals surface area contributed by atoms with Gasteiger partial charge in [0.15, 0.2) is 0 Å². The summed E-state index contributed by atoms with van der Waals surface area (Å²) < 4.78 is 5.58. The number of morpholine rings is 1. The van der Waals surface area contributed by atoms with E-state index >= 15 is 0 Å². The van der Waals surface area contributed by atoms with Gasteiger partial charge in [0, 0.05) is 19.6 Å². The number of hydrogen-bond donors (Lipinski definition) is 1. The van der Waals surface area contributed by atoms with Gasteiger partial charge in [-0.15, -0.1) is 0 Å². The van der Waals surface area contributed by atoms with Crippen molar-refractivity contribution in [1.29, 1.82) is 5.26 Å². The van der Waals surface area contributed by atoms with E-state index in [-0.39, 0.29) is 18.1 Å². The minimum atomic E-state index is -0.0171. The van der Waals surface area contributed by atoms with Gasteiger partial charge in [-0.2, -0.15) is 5.26 Å². The summed E-state index contributed by atoms with van der Waals surface area (Å²) in [6.07, 6.45) is 0.716. The molecule has 2 atom stereocenters. The van der Waals surface area contributed by atoms with E-state index < -0.39 is 0 Å². The molecule has 0 spiro atoms. The maximum absolute atomic E-state index is 11.5. The van der Waals surface area contributed by atoms with Crippen LogP contribution in [0, 0.1) is 11.3 Å². The molecule has 0 radical (unpaired) electrons. The summed E-state index contributed by atoms with van der Waals surface area (Å²) in [5.74, 6) is -0.0171. The number of rotatable bonds is 4. The molecule has 1 aliphatic rings. The monoisotopic (exact) mass is 225 g/mol. The maximum Gasteiger partial charge on any atom is 0.234 e. The molecule has 1 fully saturated rings. The predicted molar refractivity (Wildman–Crippen MR) is 59.7 cm³/mol. The van der Waals surface area contributed by atoms with Crippen LogP contribution in [0.4, 0.5) is 0 Å². The van der Waals surface area contributed by atoms with Crippen molar-refractivity contribution in [3.63, 3.8) is 0 Å². The first kappa shape index (κ1) is 12.9. The van der Waals surface area contributed by atoms with Crippen molar-refractivity contribution in [2.45, 2.75) is 32.5 Å². The van der Waals surface area contributed by atoms with Gasteiger partial charge < -0.3 is 10.1 Å². The highest BCUT2D eigenvalue weighted by molar-refractivity contribution is 5.78. The largest absolute Gasteiger partial charge is 0.373 e. The lowest BCUT2D eigenvalue weighted by Gasteiger charge is -2.34. The minimum Gasteiger partial charge on any atom is -0.373 e. The summed E-state index contributed by atoms with van der Waals surface area (Å²) in [6.45, 7) is 6.42. The van der Waals surface area contributed by atoms with Crippen LogP contribution in [-0.2, 0) is 9.53 Å². The van der Waals surface area contributed by atoms with Gasteiger partial charge in [0.25, 0.3) is 0 Å². The van der Waals surface area contributed by atoms with Crippen molar-refractivity contribution in [3.8, 4) is 6.07 Å². The van der Waals surface area contributed by atoms with E-state index in [2.05, 4.69) is 10.2 Å². The maximum atomic E-state index is 11.5. The van der Waals surface area contributed by atoms with Gasteiger partial charge in [0.05, 0.1) is 31.2 Å². The van der Waals surface area contributed by atoms with Crippen molar-refractivity contribution in [1.82, 2.24) is 10.2 Å². The number of nitrogens with zero attached hydrogens (tertiary/aromatic N) is 2. The Balaban J connectivity index is 2.25. The standard InChI is InChI=1S/C11H19N3O2/c1-9-6-14(7-10(2)16-9)8-11(15)13-5-3-4-12/h9-10H,3,5-8H2,1-2H3,(H,13,15)/t9-,10-/m0/s1. The molecule has 0 aromatic carbocycles. The van der Waals surface area contributed by atoms with E-state index in [9.17, 15) is 4.79 Å². The first-order valence-electron chi connectivity index (χ1n) is 5.63. The second-order valence-electron chi connectivity index (χ2n) is 4.21. The highest BCUT2D eigenvalue weighted by Gasteiger charge is 2.23. The van der Waals surface area contributed by atoms with Gasteiger partial charge in [0.1, 0.15) is 0 Å². The van der Waals surface area contributed by atoms with Crippen LogP contribution in [0.25, 0.3) is 0 Å². The summed E-state index contributed by atoms with van der Waals surface area (Å²) in [4.78, 5) is 13.6. The summed E-state index contributed by atoms with van der Waals surface area (Å²) >= 11 is 0. The SMILES string of the molecule is C[C@H]1CN(CC(=O)NCCC#N)C[C@H](C)O1. The predicted octanol–water partition coefficient (Wildman–Crippen LogP) is 0.125. The Bertz CT molecular complexity index is 265. The first-order valence-corrected chi connectivity index (χ1v) is 5.63. The average molecular weight is 225 g/mol. The Labute approximate surface area is 96.4 Å². The smallest absolute Gasteiger partial charge is 0.234 e. The summed E-state index contributed by atoms with van der Waals surface area (Å²) in [5.41, 5.74) is 0. The van der Waals surface area contributed by atoms with E-state index in [0.717, 1.165) is 13.1 Å². The van der Waals surface area contributed by atoms with E-state index in [0.29, 0.717) is 19.5 Å². The zero-order valence-corrected chi connectivity index (χ0v) is 9.90. The van der Waals surface area contributed by atoms with E-state index in [1.807, 2.05) is 19.9 Å². The fourth-order valence-corrected chi connectivity index (χ4v) is 1.93. The zero-order valence-electron chi connectivity index (χ0n) is 9.90. The van der Waals surface area contributed by atoms with Gasteiger partial charge in [-0.25, -0.2) is 0 Å². The molecule has 5 heteroatoms. The van der Waals surface area contributed by atoms with E-state index in [1.165, 1.54) is 0 Å². The van der Waals surface area contributed by atoms with Crippen molar-refractivity contribution in [2.24, 2.45) is 0 Å². The molecule has 0 saturated carbocycles. The number of hydrogen-bond acceptors (Lipinski definition) is 4. The van der Waals surface area contributed by atoms with Crippen LogP contribution in [-0.4, -0.2) is 49.2 Å². The van der Waals surface area contributed by atoms with Gasteiger partial charge >= 0.3 is 0 Å². The molecule has 0 unspecified atom stereocenters. The molecule has 0 aromatic rings. The normalized spacial score (nSPS) is 26.1. The van der Waals surface area contributed by atoms with Crippen LogP contribution in [0.3, 0.4) is 0 Å². The lowest BCUT2D eigenvalue weighted by Crippen LogP contribution is -2.49. The Kier molecular flexibility index (Phi) is 5.23. The number of carbonyl (C=O) groups excluding carboxylic acids is 1. The molecule has 16 heavy (non-hydrogen) atoms. The number of carbonyl (C=O) groups is 1. The zero-order chi connectivity index (χ0) is 12.0. The topological polar surface area (TPSA) is 65.4 Å². The number of nitriles is 1. The Hall–Kier alpha value is -1.12. The van der Waals surface area contributed by atoms with Gasteiger partial charge in [-0.1, -0.05) is 0 Å². The van der Waals surface area contributed by atoms with Gasteiger partial charge in [-0.3, -0.25) is 9.69 Å². The molecule has 0 bridgehead atoms. The van der Waals surface area contributed by atoms with Gasteiger partial charge in [-0.05, 0) is 13.8 Å². The van der Waals surface area contributed by atoms with Gasteiger partial charge in [0.2, 0.25) is 5.91 Å². The van der Waals surface area contributed by atoms with Crippen molar-refractivity contribution in [2.75, 3.05) is 26.2 Å². The minimum absolute atomic E-state index is 0.0171. The lowest BCUT2D eigenvalue weighted by molar-refractivity contribution is -0.125. The molecule has 5 nitrogen and oxygen atoms in total. The third kappa shape index (κ3) is 4.60. The molecule has 90 valence electrons. The van der Waals surface area contributed by atoms with E-state index in [4.69, 9.17) is 10.00 Å². The van der Waals surface area contributed by atoms with Crippen LogP contribution in [0.1, 0.15) is 20.3 Å². The van der Waals surface area contributed by atoms with E-state index in [1.54, 1.807) is 0 Å². The molecule has 1 saturated heterocycles. The second kappa shape index (κ2) is 6.46. The quantitative estimate of drug-likeness (QED) is 0.690. The third-order valence-corrected chi connectivity index (χ3v) is 2.42. The van der Waals surface area contributed by atoms with Crippen LogP contribution < -0.4 is 5.32 Å². The molecule has 1 rings (SSSR count). The molecule has 0 aliphatic carbocycles. The fourth-order valence-electron chi connectivity index (χ4n) is 1.93. The highest BCUT2D eigenvalue weighted by atomic mass is 16.5. The van der Waals surface area contributed by atoms with Crippen LogP contribution in [0.15, 0.2) is 0 Å². The van der Waals surface area contributed by atoms with Crippen LogP contribution in [0.5, 0.6) is 0 Å². The number of amides is 1. The van der Waals surface area contributed by atoms with Crippen LogP contribution in [0.2, 0.25) is 0 Å². The summed E-state index contributed by atoms with van der Waals surface area (Å²) in [6, 6.07) is 1.99. The molecule has 1 heterocycles. The molecular formula is C11H19N3O2. The lowest BCUT2D eigenvalue weighted by atomic mass is 10.2. The Morgan fingerprint density at radius 1 is 1.50 bits per heavy atom. The van der Waals surface area contributed by atoms with Crippen LogP contribution >= 0.6 is 0 Å². The van der Waals surface area contributed by atoms with Crippen molar-refractivity contribution < 1.29 is 9.53 Å². The van der Waals surface area contributed by atoms with Crippen molar-refractivity contribution in [3.05, 3.63) is 0 Å².